The van der Waals surface area contributed by atoms with Crippen LogP contribution in [0.15, 0.2) is 0 Å². The highest BCUT2D eigenvalue weighted by molar-refractivity contribution is 7.75. The maximum atomic E-state index is 10.5. The van der Waals surface area contributed by atoms with Crippen molar-refractivity contribution in [1.29, 1.82) is 0 Å². The molecular weight excluding hydrogens is 240 g/mol. The molecule has 0 spiro atoms. The first-order valence-electron chi connectivity index (χ1n) is 2.88. The zero-order chi connectivity index (χ0) is 12.4. The van der Waals surface area contributed by atoms with Crippen LogP contribution in [0.5, 0.6) is 0 Å². The maximum absolute atomic E-state index is 10.5. The second-order valence-corrected chi connectivity index (χ2v) is 1.74. The van der Waals surface area contributed by atoms with E-state index >= 15 is 0 Å². The molecule has 0 aliphatic rings. The van der Waals surface area contributed by atoms with Crippen LogP contribution < -0.4 is 10.4 Å². The van der Waals surface area contributed by atoms with E-state index in [1.165, 1.54) is 0 Å². The molecule has 0 radical (unpaired) electrons. The van der Waals surface area contributed by atoms with Crippen molar-refractivity contribution in [3.8, 4) is 0 Å². The van der Waals surface area contributed by atoms with Gasteiger partial charge in [-0.15, -0.1) is 13.2 Å². The number of halogens is 6. The predicted molar refractivity (Wildman–Crippen MR) is 36.0 cm³/mol. The van der Waals surface area contributed by atoms with E-state index in [1.807, 2.05) is 19.4 Å². The van der Waals surface area contributed by atoms with Gasteiger partial charge in [0.2, 0.25) is 0 Å². The quantitative estimate of drug-likeness (QED) is 0.362. The molecular formula is C4H9F6NO2S. The summed E-state index contributed by atoms with van der Waals surface area (Å²) >= 11 is 2.48. The highest BCUT2D eigenvalue weighted by atomic mass is 32.1. The summed E-state index contributed by atoms with van der Waals surface area (Å²) in [6.45, 7) is 0. The van der Waals surface area contributed by atoms with Crippen molar-refractivity contribution < 1.29 is 40.9 Å². The minimum absolute atomic E-state index is 2.00. The van der Waals surface area contributed by atoms with Crippen LogP contribution in [0.1, 0.15) is 0 Å². The molecule has 0 rings (SSSR count). The number of thiol groups is 1. The summed E-state index contributed by atoms with van der Waals surface area (Å²) in [5.41, 5.74) is 0. The van der Waals surface area contributed by atoms with Crippen LogP contribution in [0.3, 0.4) is 0 Å². The van der Waals surface area contributed by atoms with Gasteiger partial charge >= 0.3 is 12.7 Å². The monoisotopic (exact) mass is 249 g/mol. The molecule has 0 unspecified atom stereocenters. The first kappa shape index (κ1) is 19.4. The van der Waals surface area contributed by atoms with Gasteiger partial charge in [-0.05, 0) is 12.9 Å². The highest BCUT2D eigenvalue weighted by Gasteiger charge is 2.27. The second-order valence-electron chi connectivity index (χ2n) is 1.56. The minimum atomic E-state index is -5.25. The van der Waals surface area contributed by atoms with Gasteiger partial charge in [0.05, 0.1) is 14.1 Å². The third-order valence-electron chi connectivity index (χ3n) is 0.104. The Morgan fingerprint density at radius 3 is 1.14 bits per heavy atom. The molecule has 10 heteroatoms. The second kappa shape index (κ2) is 9.37. The zero-order valence-electron chi connectivity index (χ0n) is 7.11. The summed E-state index contributed by atoms with van der Waals surface area (Å²) < 4.78 is 63.5. The van der Waals surface area contributed by atoms with E-state index in [0.29, 0.717) is 0 Å². The molecule has 0 saturated carbocycles. The molecule has 0 aliphatic carbocycles. The first-order chi connectivity index (χ1) is 5.97. The van der Waals surface area contributed by atoms with Gasteiger partial charge in [0.25, 0.3) is 0 Å². The molecule has 0 saturated heterocycles. The molecule has 90 valence electrons. The summed E-state index contributed by atoms with van der Waals surface area (Å²) in [6.07, 6.45) is -9.84. The van der Waals surface area contributed by atoms with Gasteiger partial charge in [-0.1, -0.05) is 0 Å². The lowest BCUT2D eigenvalue weighted by molar-refractivity contribution is -0.618. The van der Waals surface area contributed by atoms with E-state index in [9.17, 15) is 26.3 Å². The molecule has 0 atom stereocenters. The van der Waals surface area contributed by atoms with Crippen LogP contribution in [-0.2, 0) is 4.18 Å². The maximum Gasteiger partial charge on any atom is 0.533 e. The molecule has 0 bridgehead atoms. The number of hydrogen-bond acceptors (Lipinski definition) is 3. The van der Waals surface area contributed by atoms with Crippen molar-refractivity contribution in [2.75, 3.05) is 14.1 Å². The zero-order valence-corrected chi connectivity index (χ0v) is 8.00. The van der Waals surface area contributed by atoms with Crippen LogP contribution in [0.25, 0.3) is 0 Å². The molecule has 2 N–H and O–H groups in total. The summed E-state index contributed by atoms with van der Waals surface area (Å²) in [5.74, 6) is 0. The molecule has 3 nitrogen and oxygen atoms in total. The van der Waals surface area contributed by atoms with E-state index in [1.54, 1.807) is 0 Å². The predicted octanol–water partition coefficient (Wildman–Crippen LogP) is 0.0435. The Kier molecular flexibility index (Phi) is 13.0. The van der Waals surface area contributed by atoms with Crippen molar-refractivity contribution in [2.45, 2.75) is 12.7 Å². The van der Waals surface area contributed by atoms with Crippen LogP contribution in [0.2, 0.25) is 0 Å². The number of quaternary nitrogens is 1. The summed E-state index contributed by atoms with van der Waals surface area (Å²) in [6, 6.07) is 0. The Morgan fingerprint density at radius 2 is 1.14 bits per heavy atom. The average Bonchev–Trinajstić information content (AvgIpc) is 1.84. The van der Waals surface area contributed by atoms with Crippen molar-refractivity contribution >= 4 is 12.9 Å². The summed E-state index contributed by atoms with van der Waals surface area (Å²) in [4.78, 5) is 0. The number of hydrogen-bond donors (Lipinski definition) is 2. The van der Waals surface area contributed by atoms with E-state index < -0.39 is 12.7 Å². The van der Waals surface area contributed by atoms with Crippen LogP contribution in [0, 0.1) is 0 Å². The Morgan fingerprint density at radius 1 is 1.07 bits per heavy atom. The van der Waals surface area contributed by atoms with Gasteiger partial charge < -0.3 is 10.4 Å². The molecule has 0 aromatic carbocycles. The summed E-state index contributed by atoms with van der Waals surface area (Å²) in [7, 11) is 4.00. The third-order valence-corrected chi connectivity index (χ3v) is 0.311. The van der Waals surface area contributed by atoms with Crippen LogP contribution >= 0.6 is 12.9 Å². The lowest BCUT2D eigenvalue weighted by Gasteiger charge is -2.05. The van der Waals surface area contributed by atoms with E-state index in [4.69, 9.17) is 5.11 Å². The smallest absolute Gasteiger partial charge is 0.533 e. The normalized spacial score (nSPS) is 10.7. The van der Waals surface area contributed by atoms with Gasteiger partial charge in [-0.2, -0.15) is 13.2 Å². The van der Waals surface area contributed by atoms with Gasteiger partial charge in [0.1, 0.15) is 0 Å². The van der Waals surface area contributed by atoms with Crippen molar-refractivity contribution in [3.63, 3.8) is 0 Å². The van der Waals surface area contributed by atoms with Gasteiger partial charge in [0, 0.05) is 0 Å². The molecule has 0 aliphatic heterocycles. The fourth-order valence-corrected chi connectivity index (χ4v) is 0. The molecule has 0 amide bonds. The molecule has 0 heterocycles. The lowest BCUT2D eigenvalue weighted by atomic mass is 11.3. The largest absolute Gasteiger partial charge is 0.771 e. The fourth-order valence-electron chi connectivity index (χ4n) is 0. The Hall–Kier alpha value is -0.190. The molecule has 14 heavy (non-hydrogen) atoms. The van der Waals surface area contributed by atoms with Crippen molar-refractivity contribution in [2.24, 2.45) is 0 Å². The number of rotatable bonds is 0. The highest BCUT2D eigenvalue weighted by Crippen LogP contribution is 2.16. The van der Waals surface area contributed by atoms with Crippen LogP contribution in [0.4, 0.5) is 26.3 Å². The Labute approximate surface area is 81.7 Å². The topological polar surface area (TPSA) is 48.9 Å². The van der Waals surface area contributed by atoms with Crippen molar-refractivity contribution in [3.05, 3.63) is 0 Å². The SMILES string of the molecule is C[NH2+]C.FC(F)(F)OS.[O-]C(F)(F)F. The minimum Gasteiger partial charge on any atom is -0.771 e. The first-order valence-corrected chi connectivity index (χ1v) is 3.24. The van der Waals surface area contributed by atoms with Gasteiger partial charge in [-0.25, -0.2) is 4.18 Å². The standard InChI is InChI=1S/C2H7N.CHF3OS.CF3O/c1-3-2;2-1(3,4)5-6;2-1(3,4)5/h3H,1-2H3;6H;/q;;-1/p+1. The molecule has 0 fully saturated rings. The fraction of sp³-hybridized carbons (Fsp3) is 1.00. The Bertz CT molecular complexity index is 109. The van der Waals surface area contributed by atoms with Crippen molar-refractivity contribution in [1.82, 2.24) is 0 Å². The van der Waals surface area contributed by atoms with Crippen LogP contribution in [-0.4, -0.2) is 26.8 Å². The van der Waals surface area contributed by atoms with Gasteiger partial charge in [-0.3, -0.25) is 0 Å². The van der Waals surface area contributed by atoms with Gasteiger partial charge in [0.15, 0.2) is 0 Å². The number of nitrogens with two attached hydrogens (primary N) is 1. The Balaban J connectivity index is -0.000000138. The van der Waals surface area contributed by atoms with E-state index in [2.05, 4.69) is 17.1 Å². The van der Waals surface area contributed by atoms with E-state index in [0.717, 1.165) is 0 Å². The molecule has 0 aromatic heterocycles. The van der Waals surface area contributed by atoms with E-state index in [-0.39, 0.29) is 0 Å². The molecule has 0 aromatic rings. The average molecular weight is 249 g/mol. The lowest BCUT2D eigenvalue weighted by Crippen LogP contribution is -2.74. The summed E-state index contributed by atoms with van der Waals surface area (Å²) in [5, 5.41) is 10.1. The number of alkyl halides is 6. The third kappa shape index (κ3) is 175.